The van der Waals surface area contributed by atoms with Crippen LogP contribution in [0.3, 0.4) is 0 Å². The Hall–Kier alpha value is -2.30. The molecule has 0 saturated heterocycles. The number of hydrogen-bond donors (Lipinski definition) is 2. The maximum Gasteiger partial charge on any atom is 0.254 e. The summed E-state index contributed by atoms with van der Waals surface area (Å²) in [7, 11) is 1.85. The number of halogens is 2. The molecule has 0 aliphatic carbocycles. The van der Waals surface area contributed by atoms with Crippen molar-refractivity contribution in [3.05, 3.63) is 69.7 Å². The van der Waals surface area contributed by atoms with Gasteiger partial charge in [0, 0.05) is 12.7 Å². The van der Waals surface area contributed by atoms with E-state index in [1.165, 1.54) is 0 Å². The quantitative estimate of drug-likeness (QED) is 0.702. The Morgan fingerprint density at radius 3 is 2.32 bits per heavy atom. The van der Waals surface area contributed by atoms with Crippen LogP contribution in [0.15, 0.2) is 48.5 Å². The Balaban J connectivity index is 1.99. The van der Waals surface area contributed by atoms with E-state index in [2.05, 4.69) is 10.6 Å². The molecule has 1 unspecified atom stereocenters. The highest BCUT2D eigenvalue weighted by Gasteiger charge is 2.17. The molecule has 2 N–H and O–H groups in total. The molecule has 0 heterocycles. The summed E-state index contributed by atoms with van der Waals surface area (Å²) in [5.41, 5.74) is 2.19. The molecule has 6 heteroatoms. The molecule has 0 aliphatic heterocycles. The van der Waals surface area contributed by atoms with Crippen molar-refractivity contribution >= 4 is 47.2 Å². The van der Waals surface area contributed by atoms with E-state index in [4.69, 9.17) is 23.2 Å². The molecule has 25 heavy (non-hydrogen) atoms. The molecule has 1 atom stereocenters. The molecule has 0 aliphatic rings. The van der Waals surface area contributed by atoms with Crippen LogP contribution < -0.4 is 10.6 Å². The monoisotopic (exact) mass is 376 g/mol. The van der Waals surface area contributed by atoms with Gasteiger partial charge in [-0.2, -0.15) is 0 Å². The lowest BCUT2D eigenvalue weighted by atomic mass is 10.1. The van der Waals surface area contributed by atoms with Crippen molar-refractivity contribution in [2.24, 2.45) is 0 Å². The van der Waals surface area contributed by atoms with Crippen LogP contribution in [-0.2, 0) is 4.79 Å². The van der Waals surface area contributed by atoms with Gasteiger partial charge in [0.15, 0.2) is 0 Å². The minimum absolute atomic E-state index is 0.171. The molecular formula is C19H18Cl2N2O2. The molecule has 0 radical (unpaired) electrons. The maximum absolute atomic E-state index is 12.3. The molecule has 2 rings (SSSR count). The maximum atomic E-state index is 12.3. The van der Waals surface area contributed by atoms with E-state index >= 15 is 0 Å². The molecule has 130 valence electrons. The largest absolute Gasteiger partial charge is 0.388 e. The highest BCUT2D eigenvalue weighted by molar-refractivity contribution is 6.39. The van der Waals surface area contributed by atoms with Gasteiger partial charge in [0.05, 0.1) is 21.7 Å². The number of carbonyl (C=O) groups is 2. The van der Waals surface area contributed by atoms with Crippen molar-refractivity contribution in [3.8, 4) is 0 Å². The molecule has 1 amide bonds. The molecule has 4 nitrogen and oxygen atoms in total. The fraction of sp³-hybridized carbons (Fsp3) is 0.158. The van der Waals surface area contributed by atoms with Crippen LogP contribution in [-0.4, -0.2) is 25.3 Å². The number of nitrogens with one attached hydrogen (secondary N) is 2. The molecule has 0 fully saturated rings. The smallest absolute Gasteiger partial charge is 0.254 e. The van der Waals surface area contributed by atoms with E-state index in [9.17, 15) is 9.59 Å². The van der Waals surface area contributed by atoms with Gasteiger partial charge in [-0.15, -0.1) is 0 Å². The lowest BCUT2D eigenvalue weighted by molar-refractivity contribution is -0.109. The lowest BCUT2D eigenvalue weighted by Gasteiger charge is -2.12. The van der Waals surface area contributed by atoms with Crippen LogP contribution in [0.25, 0.3) is 6.08 Å². The van der Waals surface area contributed by atoms with Gasteiger partial charge in [-0.25, -0.2) is 0 Å². The first-order chi connectivity index (χ1) is 12.0. The first kappa shape index (κ1) is 19.0. The predicted molar refractivity (Wildman–Crippen MR) is 103 cm³/mol. The van der Waals surface area contributed by atoms with Crippen LogP contribution in [0, 0.1) is 0 Å². The number of amides is 1. The van der Waals surface area contributed by atoms with Crippen molar-refractivity contribution in [1.82, 2.24) is 5.32 Å². The van der Waals surface area contributed by atoms with Crippen LogP contribution >= 0.6 is 23.2 Å². The third kappa shape index (κ3) is 5.34. The molecule has 2 aromatic rings. The van der Waals surface area contributed by atoms with Crippen LogP contribution in [0.5, 0.6) is 0 Å². The average Bonchev–Trinajstić information content (AvgIpc) is 2.61. The number of rotatable bonds is 7. The van der Waals surface area contributed by atoms with Gasteiger partial charge in [0.1, 0.15) is 6.29 Å². The number of aldehydes is 1. The summed E-state index contributed by atoms with van der Waals surface area (Å²) in [6.07, 6.45) is 4.79. The number of anilines is 1. The Kier molecular flexibility index (Phi) is 7.04. The minimum Gasteiger partial charge on any atom is -0.388 e. The van der Waals surface area contributed by atoms with Crippen molar-refractivity contribution in [2.75, 3.05) is 12.4 Å². The van der Waals surface area contributed by atoms with Gasteiger partial charge in [0.2, 0.25) is 0 Å². The SMILES string of the molecule is CNc1ccc(/C=C/CC(C=O)NC(=O)c2c(Cl)cccc2Cl)cc1. The first-order valence-corrected chi connectivity index (χ1v) is 8.45. The van der Waals surface area contributed by atoms with Crippen LogP contribution in [0.4, 0.5) is 5.69 Å². The summed E-state index contributed by atoms with van der Waals surface area (Å²) in [5.74, 6) is -0.473. The van der Waals surface area contributed by atoms with Crippen LogP contribution in [0.1, 0.15) is 22.3 Å². The Bertz CT molecular complexity index is 753. The van der Waals surface area contributed by atoms with Gasteiger partial charge in [0.25, 0.3) is 5.91 Å². The molecular weight excluding hydrogens is 359 g/mol. The highest BCUT2D eigenvalue weighted by atomic mass is 35.5. The van der Waals surface area contributed by atoms with Crippen molar-refractivity contribution < 1.29 is 9.59 Å². The van der Waals surface area contributed by atoms with Gasteiger partial charge in [-0.05, 0) is 36.2 Å². The van der Waals surface area contributed by atoms with E-state index in [-0.39, 0.29) is 15.6 Å². The summed E-state index contributed by atoms with van der Waals surface area (Å²) < 4.78 is 0. The number of carbonyl (C=O) groups excluding carboxylic acids is 2. The third-order valence-corrected chi connectivity index (χ3v) is 4.20. The van der Waals surface area contributed by atoms with Crippen molar-refractivity contribution in [2.45, 2.75) is 12.5 Å². The molecule has 0 bridgehead atoms. The molecule has 0 aromatic heterocycles. The van der Waals surface area contributed by atoms with Gasteiger partial charge < -0.3 is 15.4 Å². The fourth-order valence-corrected chi connectivity index (χ4v) is 2.78. The number of hydrogen-bond acceptors (Lipinski definition) is 3. The van der Waals surface area contributed by atoms with Gasteiger partial charge >= 0.3 is 0 Å². The third-order valence-electron chi connectivity index (χ3n) is 3.57. The zero-order valence-electron chi connectivity index (χ0n) is 13.6. The molecule has 0 spiro atoms. The molecule has 2 aromatic carbocycles. The topological polar surface area (TPSA) is 58.2 Å². The second-order valence-corrected chi connectivity index (χ2v) is 6.14. The Labute approximate surface area is 156 Å². The van der Waals surface area contributed by atoms with E-state index in [1.807, 2.05) is 43.5 Å². The first-order valence-electron chi connectivity index (χ1n) is 7.69. The predicted octanol–water partition coefficient (Wildman–Crippen LogP) is 4.44. The van der Waals surface area contributed by atoms with Gasteiger partial charge in [-0.1, -0.05) is 53.6 Å². The van der Waals surface area contributed by atoms with Gasteiger partial charge in [-0.3, -0.25) is 4.79 Å². The summed E-state index contributed by atoms with van der Waals surface area (Å²) in [6, 6.07) is 12.0. The minimum atomic E-state index is -0.660. The Morgan fingerprint density at radius 2 is 1.76 bits per heavy atom. The number of benzene rings is 2. The zero-order chi connectivity index (χ0) is 18.2. The van der Waals surface area contributed by atoms with Crippen molar-refractivity contribution in [1.29, 1.82) is 0 Å². The van der Waals surface area contributed by atoms with Crippen molar-refractivity contribution in [3.63, 3.8) is 0 Å². The van der Waals surface area contributed by atoms with E-state index < -0.39 is 11.9 Å². The van der Waals surface area contributed by atoms with Crippen LogP contribution in [0.2, 0.25) is 10.0 Å². The van der Waals surface area contributed by atoms with E-state index in [1.54, 1.807) is 18.2 Å². The standard InChI is InChI=1S/C19H18Cl2N2O2/c1-22-14-10-8-13(9-11-14)4-2-5-15(12-24)23-19(25)18-16(20)6-3-7-17(18)21/h2-4,6-12,15,22H,5H2,1H3,(H,23,25)/b4-2+. The summed E-state index contributed by atoms with van der Waals surface area (Å²) in [5, 5.41) is 6.17. The van der Waals surface area contributed by atoms with E-state index in [0.29, 0.717) is 12.7 Å². The van der Waals surface area contributed by atoms with E-state index in [0.717, 1.165) is 11.3 Å². The highest BCUT2D eigenvalue weighted by Crippen LogP contribution is 2.24. The second-order valence-electron chi connectivity index (χ2n) is 5.32. The summed E-state index contributed by atoms with van der Waals surface area (Å²) in [4.78, 5) is 23.5. The Morgan fingerprint density at radius 1 is 1.12 bits per heavy atom. The normalized spacial score (nSPS) is 12.0. The summed E-state index contributed by atoms with van der Waals surface area (Å²) in [6.45, 7) is 0. The second kappa shape index (κ2) is 9.25. The molecule has 0 saturated carbocycles. The average molecular weight is 377 g/mol. The fourth-order valence-electron chi connectivity index (χ4n) is 2.22. The summed E-state index contributed by atoms with van der Waals surface area (Å²) >= 11 is 12.0. The zero-order valence-corrected chi connectivity index (χ0v) is 15.1. The lowest BCUT2D eigenvalue weighted by Crippen LogP contribution is -2.35.